The summed E-state index contributed by atoms with van der Waals surface area (Å²) in [5.74, 6) is 0.787. The molecule has 0 radical (unpaired) electrons. The van der Waals surface area contributed by atoms with E-state index in [2.05, 4.69) is 60.6 Å². The first kappa shape index (κ1) is 15.4. The number of rotatable bonds is 8. The molecule has 0 saturated heterocycles. The van der Waals surface area contributed by atoms with Crippen LogP contribution in [0.2, 0.25) is 0 Å². The van der Waals surface area contributed by atoms with Crippen LogP contribution >= 0.6 is 15.9 Å². The minimum Gasteiger partial charge on any atom is -0.308 e. The van der Waals surface area contributed by atoms with Crippen molar-refractivity contribution in [3.05, 3.63) is 0 Å². The van der Waals surface area contributed by atoms with Crippen molar-refractivity contribution in [3.63, 3.8) is 0 Å². The van der Waals surface area contributed by atoms with Crippen molar-refractivity contribution < 1.29 is 0 Å². The zero-order valence-electron chi connectivity index (χ0n) is 11.0. The Hall–Kier alpha value is 0.400. The first-order chi connectivity index (χ1) is 7.04. The molecule has 0 aliphatic carbocycles. The van der Waals surface area contributed by atoms with Gasteiger partial charge in [-0.2, -0.15) is 0 Å². The molecular formula is C12H27BrN2. The van der Waals surface area contributed by atoms with Gasteiger partial charge in [0.25, 0.3) is 0 Å². The van der Waals surface area contributed by atoms with E-state index in [0.29, 0.717) is 6.04 Å². The quantitative estimate of drug-likeness (QED) is 0.630. The zero-order valence-corrected chi connectivity index (χ0v) is 12.5. The van der Waals surface area contributed by atoms with Crippen LogP contribution in [0.4, 0.5) is 0 Å². The van der Waals surface area contributed by atoms with Gasteiger partial charge in [0.1, 0.15) is 0 Å². The summed E-state index contributed by atoms with van der Waals surface area (Å²) in [6.45, 7) is 10.4. The Morgan fingerprint density at radius 1 is 1.13 bits per heavy atom. The summed E-state index contributed by atoms with van der Waals surface area (Å²) in [5, 5.41) is 1.12. The molecule has 2 atom stereocenters. The van der Waals surface area contributed by atoms with E-state index in [4.69, 9.17) is 0 Å². The normalized spacial score (nSPS) is 16.0. The van der Waals surface area contributed by atoms with Gasteiger partial charge in [0.2, 0.25) is 0 Å². The summed E-state index contributed by atoms with van der Waals surface area (Å²) in [6.07, 6.45) is 1.26. The average molecular weight is 279 g/mol. The van der Waals surface area contributed by atoms with Gasteiger partial charge in [-0.3, -0.25) is 4.90 Å². The van der Waals surface area contributed by atoms with Crippen LogP contribution in [0, 0.1) is 5.92 Å². The smallest absolute Gasteiger partial charge is 0.0194 e. The van der Waals surface area contributed by atoms with E-state index in [9.17, 15) is 0 Å². The van der Waals surface area contributed by atoms with Crippen molar-refractivity contribution in [1.82, 2.24) is 9.80 Å². The Morgan fingerprint density at radius 2 is 1.73 bits per heavy atom. The van der Waals surface area contributed by atoms with Crippen LogP contribution in [0.1, 0.15) is 27.2 Å². The Labute approximate surface area is 104 Å². The molecule has 15 heavy (non-hydrogen) atoms. The van der Waals surface area contributed by atoms with Crippen LogP contribution in [0.5, 0.6) is 0 Å². The average Bonchev–Trinajstić information content (AvgIpc) is 2.18. The maximum Gasteiger partial charge on any atom is 0.0194 e. The molecular weight excluding hydrogens is 252 g/mol. The third kappa shape index (κ3) is 6.54. The maximum atomic E-state index is 3.60. The SMILES string of the molecule is CCC(CBr)CN(CC)C(C)CN(C)C. The lowest BCUT2D eigenvalue weighted by Crippen LogP contribution is -2.42. The summed E-state index contributed by atoms with van der Waals surface area (Å²) < 4.78 is 0. The molecule has 0 amide bonds. The molecule has 92 valence electrons. The lowest BCUT2D eigenvalue weighted by atomic mass is 10.1. The topological polar surface area (TPSA) is 6.48 Å². The van der Waals surface area contributed by atoms with Gasteiger partial charge in [0.15, 0.2) is 0 Å². The molecule has 0 spiro atoms. The summed E-state index contributed by atoms with van der Waals surface area (Å²) in [6, 6.07) is 0.651. The van der Waals surface area contributed by atoms with E-state index in [0.717, 1.165) is 24.3 Å². The van der Waals surface area contributed by atoms with Crippen molar-refractivity contribution in [3.8, 4) is 0 Å². The van der Waals surface area contributed by atoms with E-state index in [1.807, 2.05) is 0 Å². The molecule has 2 nitrogen and oxygen atoms in total. The monoisotopic (exact) mass is 278 g/mol. The van der Waals surface area contributed by atoms with Gasteiger partial charge in [0.05, 0.1) is 0 Å². The van der Waals surface area contributed by atoms with Gasteiger partial charge >= 0.3 is 0 Å². The molecule has 0 fully saturated rings. The third-order valence-corrected chi connectivity index (χ3v) is 3.86. The highest BCUT2D eigenvalue weighted by atomic mass is 79.9. The van der Waals surface area contributed by atoms with Crippen LogP contribution in [0.25, 0.3) is 0 Å². The first-order valence-corrected chi connectivity index (χ1v) is 7.11. The molecule has 0 aliphatic heterocycles. The van der Waals surface area contributed by atoms with Gasteiger partial charge < -0.3 is 4.90 Å². The minimum absolute atomic E-state index is 0.651. The molecule has 0 bridgehead atoms. The maximum absolute atomic E-state index is 3.60. The van der Waals surface area contributed by atoms with E-state index >= 15 is 0 Å². The number of likely N-dealkylation sites (N-methyl/N-ethyl adjacent to an activating group) is 2. The number of hydrogen-bond donors (Lipinski definition) is 0. The largest absolute Gasteiger partial charge is 0.308 e. The summed E-state index contributed by atoms with van der Waals surface area (Å²) in [7, 11) is 4.29. The van der Waals surface area contributed by atoms with Crippen LogP contribution in [0.3, 0.4) is 0 Å². The van der Waals surface area contributed by atoms with Gasteiger partial charge in [-0.25, -0.2) is 0 Å². The minimum atomic E-state index is 0.651. The zero-order chi connectivity index (χ0) is 11.8. The highest BCUT2D eigenvalue weighted by molar-refractivity contribution is 9.09. The Balaban J connectivity index is 4.09. The lowest BCUT2D eigenvalue weighted by Gasteiger charge is -2.32. The van der Waals surface area contributed by atoms with E-state index in [-0.39, 0.29) is 0 Å². The van der Waals surface area contributed by atoms with Crippen molar-refractivity contribution in [1.29, 1.82) is 0 Å². The summed E-state index contributed by atoms with van der Waals surface area (Å²) in [5.41, 5.74) is 0. The molecule has 0 aromatic rings. The molecule has 0 aromatic heterocycles. The molecule has 0 heterocycles. The molecule has 0 N–H and O–H groups in total. The number of halogens is 1. The van der Waals surface area contributed by atoms with E-state index in [1.165, 1.54) is 13.0 Å². The fraction of sp³-hybridized carbons (Fsp3) is 1.00. The van der Waals surface area contributed by atoms with Crippen LogP contribution in [0.15, 0.2) is 0 Å². The van der Waals surface area contributed by atoms with Crippen LogP contribution < -0.4 is 0 Å². The van der Waals surface area contributed by atoms with Gasteiger partial charge in [0, 0.05) is 24.5 Å². The van der Waals surface area contributed by atoms with Crippen molar-refractivity contribution in [2.45, 2.75) is 33.2 Å². The van der Waals surface area contributed by atoms with Gasteiger partial charge in [-0.05, 0) is 33.5 Å². The molecule has 3 heteroatoms. The number of alkyl halides is 1. The molecule has 0 aromatic carbocycles. The third-order valence-electron chi connectivity index (χ3n) is 2.95. The Morgan fingerprint density at radius 3 is 2.07 bits per heavy atom. The molecule has 2 unspecified atom stereocenters. The second-order valence-corrected chi connectivity index (χ2v) is 5.27. The lowest BCUT2D eigenvalue weighted by molar-refractivity contribution is 0.161. The van der Waals surface area contributed by atoms with Crippen molar-refractivity contribution in [2.24, 2.45) is 5.92 Å². The van der Waals surface area contributed by atoms with Crippen LogP contribution in [-0.2, 0) is 0 Å². The predicted molar refractivity (Wildman–Crippen MR) is 72.8 cm³/mol. The predicted octanol–water partition coefficient (Wildman–Crippen LogP) is 2.68. The van der Waals surface area contributed by atoms with Crippen LogP contribution in [-0.4, -0.2) is 54.9 Å². The standard InChI is InChI=1S/C12H27BrN2/c1-6-12(8-13)10-15(7-2)11(3)9-14(4)5/h11-12H,6-10H2,1-5H3. The molecule has 0 saturated carbocycles. The Bertz CT molecular complexity index is 147. The first-order valence-electron chi connectivity index (χ1n) is 5.99. The Kier molecular flexibility index (Phi) is 8.77. The van der Waals surface area contributed by atoms with Gasteiger partial charge in [-0.15, -0.1) is 0 Å². The molecule has 0 aliphatic rings. The summed E-state index contributed by atoms with van der Waals surface area (Å²) in [4.78, 5) is 4.85. The summed E-state index contributed by atoms with van der Waals surface area (Å²) >= 11 is 3.60. The van der Waals surface area contributed by atoms with Gasteiger partial charge in [-0.1, -0.05) is 36.2 Å². The van der Waals surface area contributed by atoms with Crippen molar-refractivity contribution >= 4 is 15.9 Å². The fourth-order valence-electron chi connectivity index (χ4n) is 1.88. The second-order valence-electron chi connectivity index (χ2n) is 4.63. The van der Waals surface area contributed by atoms with E-state index < -0.39 is 0 Å². The number of nitrogens with zero attached hydrogens (tertiary/aromatic N) is 2. The molecule has 0 rings (SSSR count). The number of hydrogen-bond acceptors (Lipinski definition) is 2. The fourth-order valence-corrected chi connectivity index (χ4v) is 2.55. The van der Waals surface area contributed by atoms with Crippen molar-refractivity contribution in [2.75, 3.05) is 39.1 Å². The highest BCUT2D eigenvalue weighted by Crippen LogP contribution is 2.11. The van der Waals surface area contributed by atoms with E-state index in [1.54, 1.807) is 0 Å². The highest BCUT2D eigenvalue weighted by Gasteiger charge is 2.16. The second kappa shape index (κ2) is 8.54.